The van der Waals surface area contributed by atoms with Crippen LogP contribution in [0.4, 0.5) is 0 Å². The molecule has 0 bridgehead atoms. The van der Waals surface area contributed by atoms with Gasteiger partial charge in [0.05, 0.1) is 5.92 Å². The summed E-state index contributed by atoms with van der Waals surface area (Å²) in [4.78, 5) is 14.0. The van der Waals surface area contributed by atoms with E-state index < -0.39 is 0 Å². The van der Waals surface area contributed by atoms with Gasteiger partial charge in [0.25, 0.3) is 0 Å². The van der Waals surface area contributed by atoms with Crippen molar-refractivity contribution in [2.45, 2.75) is 33.6 Å². The Morgan fingerprint density at radius 2 is 2.12 bits per heavy atom. The Bertz CT molecular complexity index is 228. The first-order valence-electron chi connectivity index (χ1n) is 6.46. The Morgan fingerprint density at radius 1 is 1.44 bits per heavy atom. The van der Waals surface area contributed by atoms with Crippen LogP contribution in [-0.2, 0) is 4.79 Å². The standard InChI is InChI=1S/C13H26N2O/c1-10(2)5-6-15(4)13(16)12-7-11(3)8-14-9-12/h10-12,14H,5-9H2,1-4H3. The highest BCUT2D eigenvalue weighted by Gasteiger charge is 2.26. The van der Waals surface area contributed by atoms with Crippen LogP contribution in [0.3, 0.4) is 0 Å². The zero-order valence-electron chi connectivity index (χ0n) is 11.1. The third kappa shape index (κ3) is 4.12. The van der Waals surface area contributed by atoms with Gasteiger partial charge < -0.3 is 10.2 Å². The molecule has 0 spiro atoms. The van der Waals surface area contributed by atoms with Crippen LogP contribution in [0.15, 0.2) is 0 Å². The van der Waals surface area contributed by atoms with Gasteiger partial charge in [-0.2, -0.15) is 0 Å². The number of rotatable bonds is 4. The second-order valence-electron chi connectivity index (χ2n) is 5.64. The third-order valence-electron chi connectivity index (χ3n) is 3.34. The summed E-state index contributed by atoms with van der Waals surface area (Å²) in [6.07, 6.45) is 2.13. The van der Waals surface area contributed by atoms with Crippen LogP contribution in [-0.4, -0.2) is 37.5 Å². The molecule has 1 saturated heterocycles. The van der Waals surface area contributed by atoms with E-state index in [2.05, 4.69) is 26.1 Å². The number of nitrogens with zero attached hydrogens (tertiary/aromatic N) is 1. The summed E-state index contributed by atoms with van der Waals surface area (Å²) in [5, 5.41) is 3.34. The van der Waals surface area contributed by atoms with Gasteiger partial charge in [-0.05, 0) is 31.2 Å². The highest BCUT2D eigenvalue weighted by molar-refractivity contribution is 5.78. The van der Waals surface area contributed by atoms with Crippen molar-refractivity contribution in [2.75, 3.05) is 26.7 Å². The number of carbonyl (C=O) groups is 1. The normalized spacial score (nSPS) is 25.8. The summed E-state index contributed by atoms with van der Waals surface area (Å²) in [5.74, 6) is 1.81. The monoisotopic (exact) mass is 226 g/mol. The molecule has 2 atom stereocenters. The van der Waals surface area contributed by atoms with Gasteiger partial charge in [-0.1, -0.05) is 20.8 Å². The van der Waals surface area contributed by atoms with Gasteiger partial charge >= 0.3 is 0 Å². The van der Waals surface area contributed by atoms with Crippen molar-refractivity contribution in [1.82, 2.24) is 10.2 Å². The Balaban J connectivity index is 2.37. The van der Waals surface area contributed by atoms with Crippen LogP contribution >= 0.6 is 0 Å². The fourth-order valence-corrected chi connectivity index (χ4v) is 2.22. The third-order valence-corrected chi connectivity index (χ3v) is 3.34. The van der Waals surface area contributed by atoms with Crippen molar-refractivity contribution in [1.29, 1.82) is 0 Å². The van der Waals surface area contributed by atoms with E-state index in [-0.39, 0.29) is 5.92 Å². The molecule has 0 aromatic heterocycles. The molecular weight excluding hydrogens is 200 g/mol. The molecule has 1 fully saturated rings. The molecule has 3 nitrogen and oxygen atoms in total. The molecule has 1 aliphatic heterocycles. The summed E-state index contributed by atoms with van der Waals surface area (Å²) in [6, 6.07) is 0. The lowest BCUT2D eigenvalue weighted by Crippen LogP contribution is -2.44. The van der Waals surface area contributed by atoms with Gasteiger partial charge in [-0.3, -0.25) is 4.79 Å². The minimum atomic E-state index is 0.195. The summed E-state index contributed by atoms with van der Waals surface area (Å²) in [5.41, 5.74) is 0. The summed E-state index contributed by atoms with van der Waals surface area (Å²) < 4.78 is 0. The van der Waals surface area contributed by atoms with E-state index in [1.807, 2.05) is 11.9 Å². The summed E-state index contributed by atoms with van der Waals surface area (Å²) in [7, 11) is 1.93. The van der Waals surface area contributed by atoms with Gasteiger partial charge in [0, 0.05) is 20.1 Å². The van der Waals surface area contributed by atoms with Gasteiger partial charge in [0.15, 0.2) is 0 Å². The lowest BCUT2D eigenvalue weighted by molar-refractivity contribution is -0.135. The first kappa shape index (κ1) is 13.5. The average Bonchev–Trinajstić information content (AvgIpc) is 2.24. The van der Waals surface area contributed by atoms with E-state index in [4.69, 9.17) is 0 Å². The van der Waals surface area contributed by atoms with E-state index in [1.54, 1.807) is 0 Å². The maximum Gasteiger partial charge on any atom is 0.226 e. The summed E-state index contributed by atoms with van der Waals surface area (Å²) in [6.45, 7) is 9.40. The highest BCUT2D eigenvalue weighted by Crippen LogP contribution is 2.18. The van der Waals surface area contributed by atoms with Crippen LogP contribution in [0.1, 0.15) is 33.6 Å². The molecule has 1 amide bonds. The Hall–Kier alpha value is -0.570. The number of carbonyl (C=O) groups excluding carboxylic acids is 1. The molecule has 1 N–H and O–H groups in total. The van der Waals surface area contributed by atoms with Crippen LogP contribution < -0.4 is 5.32 Å². The quantitative estimate of drug-likeness (QED) is 0.792. The minimum absolute atomic E-state index is 0.195. The molecule has 94 valence electrons. The second-order valence-corrected chi connectivity index (χ2v) is 5.64. The van der Waals surface area contributed by atoms with Crippen LogP contribution in [0, 0.1) is 17.8 Å². The van der Waals surface area contributed by atoms with E-state index >= 15 is 0 Å². The SMILES string of the molecule is CC(C)CCN(C)C(=O)C1CNCC(C)C1. The Kier molecular flexibility index (Phi) is 5.26. The second kappa shape index (κ2) is 6.24. The van der Waals surface area contributed by atoms with Crippen molar-refractivity contribution in [2.24, 2.45) is 17.8 Å². The smallest absolute Gasteiger partial charge is 0.226 e. The van der Waals surface area contributed by atoms with Gasteiger partial charge in [-0.25, -0.2) is 0 Å². The largest absolute Gasteiger partial charge is 0.345 e. The van der Waals surface area contributed by atoms with E-state index in [9.17, 15) is 4.79 Å². The predicted molar refractivity (Wildman–Crippen MR) is 67.2 cm³/mol. The van der Waals surface area contributed by atoms with Crippen LogP contribution in [0.25, 0.3) is 0 Å². The van der Waals surface area contributed by atoms with Gasteiger partial charge in [0.1, 0.15) is 0 Å². The molecule has 0 aromatic rings. The van der Waals surface area contributed by atoms with E-state index in [0.29, 0.717) is 17.7 Å². The first-order valence-corrected chi connectivity index (χ1v) is 6.46. The molecular formula is C13H26N2O. The molecule has 16 heavy (non-hydrogen) atoms. The molecule has 1 heterocycles. The zero-order chi connectivity index (χ0) is 12.1. The molecule has 2 unspecified atom stereocenters. The molecule has 0 aliphatic carbocycles. The Labute approximate surface area is 99.6 Å². The van der Waals surface area contributed by atoms with Gasteiger partial charge in [0.2, 0.25) is 5.91 Å². The zero-order valence-corrected chi connectivity index (χ0v) is 11.1. The molecule has 1 rings (SSSR count). The van der Waals surface area contributed by atoms with Crippen molar-refractivity contribution < 1.29 is 4.79 Å². The molecule has 1 aliphatic rings. The maximum absolute atomic E-state index is 12.1. The molecule has 0 saturated carbocycles. The number of hydrogen-bond donors (Lipinski definition) is 1. The molecule has 0 aromatic carbocycles. The number of hydrogen-bond acceptors (Lipinski definition) is 2. The Morgan fingerprint density at radius 3 is 2.69 bits per heavy atom. The first-order chi connectivity index (χ1) is 7.50. The average molecular weight is 226 g/mol. The van der Waals surface area contributed by atoms with Crippen molar-refractivity contribution in [3.8, 4) is 0 Å². The number of nitrogens with one attached hydrogen (secondary N) is 1. The van der Waals surface area contributed by atoms with Gasteiger partial charge in [-0.15, -0.1) is 0 Å². The fourth-order valence-electron chi connectivity index (χ4n) is 2.22. The molecule has 3 heteroatoms. The molecule has 0 radical (unpaired) electrons. The fraction of sp³-hybridized carbons (Fsp3) is 0.923. The number of piperidine rings is 1. The summed E-state index contributed by atoms with van der Waals surface area (Å²) >= 11 is 0. The lowest BCUT2D eigenvalue weighted by atomic mass is 9.91. The lowest BCUT2D eigenvalue weighted by Gasteiger charge is -2.30. The maximum atomic E-state index is 12.1. The van der Waals surface area contributed by atoms with E-state index in [0.717, 1.165) is 32.5 Å². The van der Waals surface area contributed by atoms with Crippen molar-refractivity contribution in [3.05, 3.63) is 0 Å². The van der Waals surface area contributed by atoms with Crippen molar-refractivity contribution >= 4 is 5.91 Å². The van der Waals surface area contributed by atoms with Crippen molar-refractivity contribution in [3.63, 3.8) is 0 Å². The number of amides is 1. The highest BCUT2D eigenvalue weighted by atomic mass is 16.2. The van der Waals surface area contributed by atoms with E-state index in [1.165, 1.54) is 0 Å². The topological polar surface area (TPSA) is 32.3 Å². The van der Waals surface area contributed by atoms with Crippen LogP contribution in [0.2, 0.25) is 0 Å². The predicted octanol–water partition coefficient (Wildman–Crippen LogP) is 1.74. The minimum Gasteiger partial charge on any atom is -0.345 e. The van der Waals surface area contributed by atoms with Crippen LogP contribution in [0.5, 0.6) is 0 Å².